The molecule has 4 aromatic rings. The van der Waals surface area contributed by atoms with Gasteiger partial charge in [0.05, 0.1) is 33.8 Å². The number of benzene rings is 2. The zero-order valence-electron chi connectivity index (χ0n) is 13.0. The van der Waals surface area contributed by atoms with Crippen LogP contribution < -0.4 is 5.32 Å². The van der Waals surface area contributed by atoms with Crippen molar-refractivity contribution < 1.29 is 9.21 Å². The maximum absolute atomic E-state index is 12.2. The maximum atomic E-state index is 12.2. The van der Waals surface area contributed by atoms with Crippen LogP contribution in [0.3, 0.4) is 0 Å². The van der Waals surface area contributed by atoms with E-state index in [1.165, 1.54) is 0 Å². The first-order chi connectivity index (χ1) is 12.7. The van der Waals surface area contributed by atoms with Crippen LogP contribution in [0.4, 0.5) is 5.69 Å². The van der Waals surface area contributed by atoms with Crippen LogP contribution in [0.2, 0.25) is 5.02 Å². The van der Waals surface area contributed by atoms with Crippen LogP contribution in [0.25, 0.3) is 22.5 Å². The van der Waals surface area contributed by atoms with Gasteiger partial charge in [0, 0.05) is 0 Å². The molecule has 0 aliphatic carbocycles. The van der Waals surface area contributed by atoms with Crippen molar-refractivity contribution in [3.63, 3.8) is 0 Å². The van der Waals surface area contributed by atoms with E-state index in [9.17, 15) is 4.79 Å². The third kappa shape index (κ3) is 3.55. The highest BCUT2D eigenvalue weighted by Gasteiger charge is 2.14. The van der Waals surface area contributed by atoms with Crippen molar-refractivity contribution in [2.24, 2.45) is 0 Å². The van der Waals surface area contributed by atoms with E-state index in [0.717, 1.165) is 29.0 Å². The summed E-state index contributed by atoms with van der Waals surface area (Å²) < 4.78 is 13.9. The Hall–Kier alpha value is -2.49. The average molecular weight is 404 g/mol. The molecule has 0 radical (unpaired) electrons. The molecule has 0 bridgehead atoms. The summed E-state index contributed by atoms with van der Waals surface area (Å²) in [5, 5.41) is 11.6. The van der Waals surface area contributed by atoms with E-state index >= 15 is 0 Å². The van der Waals surface area contributed by atoms with Gasteiger partial charge in [0.15, 0.2) is 0 Å². The summed E-state index contributed by atoms with van der Waals surface area (Å²) in [4.78, 5) is 12.2. The minimum Gasteiger partial charge on any atom is -0.411 e. The molecule has 0 aliphatic heterocycles. The molecule has 2 aromatic carbocycles. The van der Waals surface area contributed by atoms with E-state index in [4.69, 9.17) is 16.0 Å². The number of halogens is 1. The Bertz CT molecular complexity index is 1080. The van der Waals surface area contributed by atoms with Crippen LogP contribution in [-0.2, 0) is 4.79 Å². The Labute approximate surface area is 161 Å². The van der Waals surface area contributed by atoms with E-state index in [2.05, 4.69) is 24.3 Å². The molecule has 1 amide bonds. The molecule has 10 heteroatoms. The summed E-state index contributed by atoms with van der Waals surface area (Å²) in [6.07, 6.45) is 0. The van der Waals surface area contributed by atoms with Crippen molar-refractivity contribution >= 4 is 57.7 Å². The largest absolute Gasteiger partial charge is 0.411 e. The van der Waals surface area contributed by atoms with Crippen molar-refractivity contribution in [3.05, 3.63) is 47.5 Å². The SMILES string of the molecule is O=C(CSc1nnc(-c2ccccc2Cl)o1)Nc1cccc2nsnc12. The lowest BCUT2D eigenvalue weighted by molar-refractivity contribution is -0.113. The first-order valence-electron chi connectivity index (χ1n) is 7.43. The normalized spacial score (nSPS) is 11.0. The molecule has 0 fully saturated rings. The molecule has 1 N–H and O–H groups in total. The number of carbonyl (C=O) groups excluding carboxylic acids is 1. The van der Waals surface area contributed by atoms with Crippen LogP contribution in [0, 0.1) is 0 Å². The van der Waals surface area contributed by atoms with Gasteiger partial charge in [-0.3, -0.25) is 4.79 Å². The van der Waals surface area contributed by atoms with Crippen molar-refractivity contribution in [1.82, 2.24) is 18.9 Å². The van der Waals surface area contributed by atoms with Gasteiger partial charge >= 0.3 is 0 Å². The highest BCUT2D eigenvalue weighted by atomic mass is 35.5. The quantitative estimate of drug-likeness (QED) is 0.500. The Morgan fingerprint density at radius 1 is 1.15 bits per heavy atom. The molecule has 7 nitrogen and oxygen atoms in total. The lowest BCUT2D eigenvalue weighted by Gasteiger charge is -2.04. The summed E-state index contributed by atoms with van der Waals surface area (Å²) >= 11 is 8.37. The van der Waals surface area contributed by atoms with Crippen molar-refractivity contribution in [2.75, 3.05) is 11.1 Å². The van der Waals surface area contributed by atoms with E-state index < -0.39 is 0 Å². The van der Waals surface area contributed by atoms with Gasteiger partial charge in [-0.2, -0.15) is 8.75 Å². The number of anilines is 1. The highest BCUT2D eigenvalue weighted by molar-refractivity contribution is 7.99. The van der Waals surface area contributed by atoms with E-state index in [1.807, 2.05) is 24.3 Å². The first-order valence-corrected chi connectivity index (χ1v) is 9.52. The Kier molecular flexibility index (Phi) is 4.83. The number of aromatic nitrogens is 4. The minimum atomic E-state index is -0.201. The number of hydrogen-bond acceptors (Lipinski definition) is 8. The average Bonchev–Trinajstić information content (AvgIpc) is 3.30. The zero-order valence-corrected chi connectivity index (χ0v) is 15.4. The van der Waals surface area contributed by atoms with Gasteiger partial charge in [0.2, 0.25) is 11.8 Å². The van der Waals surface area contributed by atoms with Gasteiger partial charge in [0.25, 0.3) is 5.22 Å². The fraction of sp³-hybridized carbons (Fsp3) is 0.0625. The second-order valence-corrected chi connectivity index (χ2v) is 6.99. The van der Waals surface area contributed by atoms with Crippen LogP contribution in [-0.4, -0.2) is 30.6 Å². The number of carbonyl (C=O) groups is 1. The molecule has 0 spiro atoms. The van der Waals surface area contributed by atoms with Crippen molar-refractivity contribution in [1.29, 1.82) is 0 Å². The standard InChI is InChI=1S/C16H10ClN5O2S2/c17-10-5-2-1-4-9(10)15-19-20-16(24-15)25-8-13(23)18-11-6-3-7-12-14(11)22-26-21-12/h1-7H,8H2,(H,18,23). The van der Waals surface area contributed by atoms with Gasteiger partial charge in [0.1, 0.15) is 11.0 Å². The predicted octanol–water partition coefficient (Wildman–Crippen LogP) is 4.13. The van der Waals surface area contributed by atoms with Crippen LogP contribution in [0.15, 0.2) is 52.1 Å². The molecular weight excluding hydrogens is 394 g/mol. The molecule has 0 saturated carbocycles. The van der Waals surface area contributed by atoms with Gasteiger partial charge in [-0.1, -0.05) is 41.6 Å². The number of nitrogens with zero attached hydrogens (tertiary/aromatic N) is 4. The fourth-order valence-electron chi connectivity index (χ4n) is 2.23. The Balaban J connectivity index is 1.41. The van der Waals surface area contributed by atoms with Gasteiger partial charge in [-0.05, 0) is 24.3 Å². The van der Waals surface area contributed by atoms with Gasteiger partial charge in [-0.25, -0.2) is 0 Å². The molecule has 0 aliphatic rings. The second-order valence-electron chi connectivity index (χ2n) is 5.13. The molecule has 4 rings (SSSR count). The second kappa shape index (κ2) is 7.40. The molecule has 130 valence electrons. The van der Waals surface area contributed by atoms with Gasteiger partial charge < -0.3 is 9.73 Å². The monoisotopic (exact) mass is 403 g/mol. The smallest absolute Gasteiger partial charge is 0.277 e. The van der Waals surface area contributed by atoms with E-state index in [1.54, 1.807) is 18.2 Å². The van der Waals surface area contributed by atoms with Gasteiger partial charge in [-0.15, -0.1) is 10.2 Å². The minimum absolute atomic E-state index is 0.123. The summed E-state index contributed by atoms with van der Waals surface area (Å²) in [6, 6.07) is 12.6. The topological polar surface area (TPSA) is 93.8 Å². The number of thioether (sulfide) groups is 1. The molecular formula is C16H10ClN5O2S2. The van der Waals surface area contributed by atoms with Crippen LogP contribution in [0.5, 0.6) is 0 Å². The molecule has 26 heavy (non-hydrogen) atoms. The fourth-order valence-corrected chi connectivity index (χ4v) is 3.56. The predicted molar refractivity (Wildman–Crippen MR) is 102 cm³/mol. The molecule has 0 unspecified atom stereocenters. The number of amides is 1. The zero-order chi connectivity index (χ0) is 17.9. The van der Waals surface area contributed by atoms with Crippen molar-refractivity contribution in [3.8, 4) is 11.5 Å². The lowest BCUT2D eigenvalue weighted by atomic mass is 10.2. The van der Waals surface area contributed by atoms with E-state index in [-0.39, 0.29) is 11.7 Å². The number of nitrogens with one attached hydrogen (secondary N) is 1. The summed E-state index contributed by atoms with van der Waals surface area (Å²) in [6.45, 7) is 0. The third-order valence-corrected chi connectivity index (χ3v) is 5.09. The summed E-state index contributed by atoms with van der Waals surface area (Å²) in [5.41, 5.74) is 2.71. The van der Waals surface area contributed by atoms with Crippen LogP contribution in [0.1, 0.15) is 0 Å². The molecule has 0 atom stereocenters. The highest BCUT2D eigenvalue weighted by Crippen LogP contribution is 2.29. The number of fused-ring (bicyclic) bond motifs is 1. The van der Waals surface area contributed by atoms with E-state index in [0.29, 0.717) is 32.9 Å². The van der Waals surface area contributed by atoms with Crippen molar-refractivity contribution in [2.45, 2.75) is 5.22 Å². The Morgan fingerprint density at radius 2 is 2.04 bits per heavy atom. The molecule has 2 heterocycles. The molecule has 0 saturated heterocycles. The summed E-state index contributed by atoms with van der Waals surface area (Å²) in [5.74, 6) is 0.239. The maximum Gasteiger partial charge on any atom is 0.277 e. The van der Waals surface area contributed by atoms with Crippen LogP contribution >= 0.6 is 35.1 Å². The number of rotatable bonds is 5. The Morgan fingerprint density at radius 3 is 2.92 bits per heavy atom. The third-order valence-electron chi connectivity index (χ3n) is 3.40. The first kappa shape index (κ1) is 17.0. The lowest BCUT2D eigenvalue weighted by Crippen LogP contribution is -2.14. The number of hydrogen-bond donors (Lipinski definition) is 1. The molecule has 2 aromatic heterocycles. The summed E-state index contributed by atoms with van der Waals surface area (Å²) in [7, 11) is 0.